The molecule has 29 heavy (non-hydrogen) atoms. The average Bonchev–Trinajstić information content (AvgIpc) is 2.75. The maximum atomic E-state index is 12.7. The van der Waals surface area contributed by atoms with Gasteiger partial charge in [-0.25, -0.2) is 4.79 Å². The molecular formula is C22H24N4O3. The minimum absolute atomic E-state index is 0.00860. The molecule has 0 radical (unpaired) electrons. The minimum Gasteiger partial charge on any atom is -0.450 e. The van der Waals surface area contributed by atoms with Crippen molar-refractivity contribution in [2.75, 3.05) is 38.1 Å². The number of benzene rings is 2. The van der Waals surface area contributed by atoms with Gasteiger partial charge in [0.05, 0.1) is 18.2 Å². The predicted octanol–water partition coefficient (Wildman–Crippen LogP) is 3.08. The maximum Gasteiger partial charge on any atom is 0.411 e. The first-order chi connectivity index (χ1) is 14.1. The first kappa shape index (κ1) is 20.4. The number of nitrogens with one attached hydrogen (secondary N) is 1. The third-order valence-corrected chi connectivity index (χ3v) is 4.80. The van der Waals surface area contributed by atoms with Crippen molar-refractivity contribution in [2.24, 2.45) is 0 Å². The second kappa shape index (κ2) is 9.71. The standard InChI is InChI=1S/C22H24N4O3/c1-2-29-22(28)24-20-9-7-19(8-10-20)21(27)26-13-11-25(12-14-26)16-18-5-3-17(15-23)4-6-18/h3-10H,2,11-14,16H2,1H3,(H,24,28). The van der Waals surface area contributed by atoms with Crippen LogP contribution in [0.4, 0.5) is 10.5 Å². The summed E-state index contributed by atoms with van der Waals surface area (Å²) in [5.74, 6) is -0.00860. The number of hydrogen-bond acceptors (Lipinski definition) is 5. The highest BCUT2D eigenvalue weighted by atomic mass is 16.5. The van der Waals surface area contributed by atoms with Crippen LogP contribution in [0.3, 0.4) is 0 Å². The Kier molecular flexibility index (Phi) is 6.82. The van der Waals surface area contributed by atoms with Crippen LogP contribution in [0.15, 0.2) is 48.5 Å². The number of carbonyl (C=O) groups is 2. The Bertz CT molecular complexity index is 880. The summed E-state index contributed by atoms with van der Waals surface area (Å²) in [6.45, 7) is 5.78. The van der Waals surface area contributed by atoms with Crippen molar-refractivity contribution in [3.8, 4) is 6.07 Å². The Morgan fingerprint density at radius 3 is 2.28 bits per heavy atom. The molecule has 0 spiro atoms. The number of rotatable bonds is 5. The van der Waals surface area contributed by atoms with E-state index in [1.807, 2.05) is 29.2 Å². The van der Waals surface area contributed by atoms with E-state index < -0.39 is 6.09 Å². The fourth-order valence-electron chi connectivity index (χ4n) is 3.22. The maximum absolute atomic E-state index is 12.7. The molecule has 0 aromatic heterocycles. The van der Waals surface area contributed by atoms with Crippen LogP contribution in [-0.4, -0.2) is 54.6 Å². The minimum atomic E-state index is -0.509. The van der Waals surface area contributed by atoms with Crippen LogP contribution in [0.5, 0.6) is 0 Å². The summed E-state index contributed by atoms with van der Waals surface area (Å²) < 4.78 is 4.84. The van der Waals surface area contributed by atoms with E-state index in [2.05, 4.69) is 16.3 Å². The summed E-state index contributed by atoms with van der Waals surface area (Å²) in [6.07, 6.45) is -0.509. The highest BCUT2D eigenvalue weighted by Crippen LogP contribution is 2.15. The van der Waals surface area contributed by atoms with Gasteiger partial charge in [0, 0.05) is 44.0 Å². The lowest BCUT2D eigenvalue weighted by atomic mass is 10.1. The van der Waals surface area contributed by atoms with Gasteiger partial charge < -0.3 is 9.64 Å². The third kappa shape index (κ3) is 5.56. The molecule has 1 fully saturated rings. The predicted molar refractivity (Wildman–Crippen MR) is 109 cm³/mol. The van der Waals surface area contributed by atoms with Gasteiger partial charge in [-0.2, -0.15) is 5.26 Å². The number of anilines is 1. The molecule has 1 aliphatic heterocycles. The fourth-order valence-corrected chi connectivity index (χ4v) is 3.22. The Hall–Kier alpha value is -3.37. The van der Waals surface area contributed by atoms with Crippen LogP contribution in [0.25, 0.3) is 0 Å². The second-order valence-corrected chi connectivity index (χ2v) is 6.80. The third-order valence-electron chi connectivity index (χ3n) is 4.80. The van der Waals surface area contributed by atoms with Crippen LogP contribution in [0.2, 0.25) is 0 Å². The lowest BCUT2D eigenvalue weighted by Gasteiger charge is -2.34. The summed E-state index contributed by atoms with van der Waals surface area (Å²) >= 11 is 0. The van der Waals surface area contributed by atoms with E-state index in [0.717, 1.165) is 25.2 Å². The number of piperazine rings is 1. The van der Waals surface area contributed by atoms with Crippen molar-refractivity contribution in [3.05, 3.63) is 65.2 Å². The molecule has 150 valence electrons. The van der Waals surface area contributed by atoms with Crippen LogP contribution in [0.1, 0.15) is 28.4 Å². The van der Waals surface area contributed by atoms with Gasteiger partial charge in [0.15, 0.2) is 0 Å². The van der Waals surface area contributed by atoms with Crippen molar-refractivity contribution in [1.82, 2.24) is 9.80 Å². The van der Waals surface area contributed by atoms with Gasteiger partial charge in [-0.1, -0.05) is 12.1 Å². The Labute approximate surface area is 170 Å². The number of ether oxygens (including phenoxy) is 1. The molecule has 3 rings (SSSR count). The number of amides is 2. The van der Waals surface area contributed by atoms with Gasteiger partial charge in [0.1, 0.15) is 0 Å². The Morgan fingerprint density at radius 1 is 1.03 bits per heavy atom. The summed E-state index contributed by atoms with van der Waals surface area (Å²) in [6, 6.07) is 16.6. The molecule has 0 aliphatic carbocycles. The van der Waals surface area contributed by atoms with Crippen molar-refractivity contribution in [3.63, 3.8) is 0 Å². The molecule has 0 saturated carbocycles. The smallest absolute Gasteiger partial charge is 0.411 e. The topological polar surface area (TPSA) is 85.7 Å². The Morgan fingerprint density at radius 2 is 1.69 bits per heavy atom. The van der Waals surface area contributed by atoms with Crippen LogP contribution >= 0.6 is 0 Å². The molecule has 1 N–H and O–H groups in total. The van der Waals surface area contributed by atoms with Crippen LogP contribution in [0, 0.1) is 11.3 Å². The number of hydrogen-bond donors (Lipinski definition) is 1. The molecule has 1 heterocycles. The van der Waals surface area contributed by atoms with Gasteiger partial charge >= 0.3 is 6.09 Å². The largest absolute Gasteiger partial charge is 0.450 e. The molecular weight excluding hydrogens is 368 g/mol. The zero-order valence-corrected chi connectivity index (χ0v) is 16.4. The first-order valence-corrected chi connectivity index (χ1v) is 9.63. The number of nitrogens with zero attached hydrogens (tertiary/aromatic N) is 3. The SMILES string of the molecule is CCOC(=O)Nc1ccc(C(=O)N2CCN(Cc3ccc(C#N)cc3)CC2)cc1. The van der Waals surface area contributed by atoms with Gasteiger partial charge in [-0.15, -0.1) is 0 Å². The molecule has 1 aliphatic rings. The van der Waals surface area contributed by atoms with Gasteiger partial charge in [0.2, 0.25) is 0 Å². The molecule has 0 bridgehead atoms. The van der Waals surface area contributed by atoms with Gasteiger partial charge in [-0.05, 0) is 48.9 Å². The second-order valence-electron chi connectivity index (χ2n) is 6.80. The highest BCUT2D eigenvalue weighted by Gasteiger charge is 2.22. The summed E-state index contributed by atoms with van der Waals surface area (Å²) in [7, 11) is 0. The van der Waals surface area contributed by atoms with Crippen LogP contribution < -0.4 is 5.32 Å². The quantitative estimate of drug-likeness (QED) is 0.845. The molecule has 7 nitrogen and oxygen atoms in total. The molecule has 0 atom stereocenters. The lowest BCUT2D eigenvalue weighted by Crippen LogP contribution is -2.48. The van der Waals surface area contributed by atoms with E-state index >= 15 is 0 Å². The van der Waals surface area contributed by atoms with E-state index in [1.54, 1.807) is 31.2 Å². The molecule has 0 unspecified atom stereocenters. The molecule has 1 saturated heterocycles. The molecule has 2 aromatic carbocycles. The van der Waals surface area contributed by atoms with Crippen molar-refractivity contribution in [1.29, 1.82) is 5.26 Å². The number of carbonyl (C=O) groups excluding carboxylic acids is 2. The fraction of sp³-hybridized carbons (Fsp3) is 0.318. The van der Waals surface area contributed by atoms with Crippen molar-refractivity contribution >= 4 is 17.7 Å². The monoisotopic (exact) mass is 392 g/mol. The van der Waals surface area contributed by atoms with E-state index in [0.29, 0.717) is 36.5 Å². The summed E-state index contributed by atoms with van der Waals surface area (Å²) in [4.78, 5) is 28.3. The molecule has 7 heteroatoms. The van der Waals surface area contributed by atoms with Crippen LogP contribution in [-0.2, 0) is 11.3 Å². The zero-order chi connectivity index (χ0) is 20.6. The highest BCUT2D eigenvalue weighted by molar-refractivity contribution is 5.95. The van der Waals surface area contributed by atoms with E-state index in [4.69, 9.17) is 10.00 Å². The first-order valence-electron chi connectivity index (χ1n) is 9.63. The lowest BCUT2D eigenvalue weighted by molar-refractivity contribution is 0.0628. The van der Waals surface area contributed by atoms with Gasteiger partial charge in [-0.3, -0.25) is 15.0 Å². The normalized spacial score (nSPS) is 14.1. The number of nitriles is 1. The summed E-state index contributed by atoms with van der Waals surface area (Å²) in [5, 5.41) is 11.5. The van der Waals surface area contributed by atoms with Gasteiger partial charge in [0.25, 0.3) is 5.91 Å². The van der Waals surface area contributed by atoms with E-state index in [-0.39, 0.29) is 5.91 Å². The Balaban J connectivity index is 1.50. The molecule has 2 amide bonds. The van der Waals surface area contributed by atoms with E-state index in [1.165, 1.54) is 0 Å². The van der Waals surface area contributed by atoms with E-state index in [9.17, 15) is 9.59 Å². The zero-order valence-electron chi connectivity index (χ0n) is 16.4. The molecule has 2 aromatic rings. The average molecular weight is 392 g/mol. The van der Waals surface area contributed by atoms with Crippen molar-refractivity contribution < 1.29 is 14.3 Å². The van der Waals surface area contributed by atoms with Crippen molar-refractivity contribution in [2.45, 2.75) is 13.5 Å². The summed E-state index contributed by atoms with van der Waals surface area (Å²) in [5.41, 5.74) is 3.01.